The topological polar surface area (TPSA) is 96.5 Å². The van der Waals surface area contributed by atoms with Gasteiger partial charge in [-0.15, -0.1) is 9.01 Å². The molecular weight excluding hydrogens is 328 g/mol. The Bertz CT molecular complexity index is 649. The van der Waals surface area contributed by atoms with Gasteiger partial charge in [0.25, 0.3) is 0 Å². The van der Waals surface area contributed by atoms with Crippen molar-refractivity contribution in [3.8, 4) is 0 Å². The van der Waals surface area contributed by atoms with Crippen LogP contribution in [0.2, 0.25) is 0 Å². The Morgan fingerprint density at radius 1 is 1.04 bits per heavy atom. The molecule has 1 aromatic heterocycles. The predicted octanol–water partition coefficient (Wildman–Crippen LogP) is 2.41. The average Bonchev–Trinajstić information content (AvgIpc) is 2.48. The monoisotopic (exact) mass is 353 g/mol. The van der Waals surface area contributed by atoms with E-state index in [9.17, 15) is 0 Å². The number of benzene rings is 1. The Balaban J connectivity index is 0.000000254. The Labute approximate surface area is 147 Å². The zero-order chi connectivity index (χ0) is 18.3. The molecule has 0 aliphatic heterocycles. The number of hydrogen-bond acceptors (Lipinski definition) is 7. The zero-order valence-corrected chi connectivity index (χ0v) is 15.7. The van der Waals surface area contributed by atoms with Gasteiger partial charge < -0.3 is 0 Å². The van der Waals surface area contributed by atoms with Crippen LogP contribution < -0.4 is 16.3 Å². The molecule has 132 valence electrons. The van der Waals surface area contributed by atoms with Crippen LogP contribution in [0, 0.1) is 34.6 Å². The minimum Gasteiger partial charge on any atom is -0.289 e. The molecule has 1 heterocycles. The second-order valence-electron chi connectivity index (χ2n) is 5.38. The molecule has 0 amide bonds. The van der Waals surface area contributed by atoms with E-state index in [1.54, 1.807) is 0 Å². The van der Waals surface area contributed by atoms with Gasteiger partial charge in [0.05, 0.1) is 19.2 Å². The minimum atomic E-state index is 0.345. The Kier molecular flexibility index (Phi) is 7.93. The summed E-state index contributed by atoms with van der Waals surface area (Å²) >= 11 is 1.16. The van der Waals surface area contributed by atoms with Crippen molar-refractivity contribution in [3.05, 3.63) is 46.3 Å². The van der Waals surface area contributed by atoms with Gasteiger partial charge in [0.15, 0.2) is 0 Å². The summed E-state index contributed by atoms with van der Waals surface area (Å²) in [6.45, 7) is 9.91. The van der Waals surface area contributed by atoms with Crippen molar-refractivity contribution in [2.24, 2.45) is 0 Å². The largest absolute Gasteiger partial charge is 0.411 e. The van der Waals surface area contributed by atoms with E-state index in [4.69, 9.17) is 15.9 Å². The van der Waals surface area contributed by atoms with Crippen LogP contribution in [-0.4, -0.2) is 12.1 Å². The SMILES string of the molecule is COOOSc1c(C)cc(C)cc1C.Cc1cc(C)[n+](N)c(N)n1. The Morgan fingerprint density at radius 3 is 2.12 bits per heavy atom. The van der Waals surface area contributed by atoms with E-state index in [1.807, 2.05) is 33.8 Å². The van der Waals surface area contributed by atoms with E-state index in [0.29, 0.717) is 5.95 Å². The number of hydrogen-bond donors (Lipinski definition) is 2. The predicted molar refractivity (Wildman–Crippen MR) is 94.2 cm³/mol. The van der Waals surface area contributed by atoms with Crippen molar-refractivity contribution in [2.75, 3.05) is 18.7 Å². The number of aromatic nitrogens is 2. The highest BCUT2D eigenvalue weighted by Gasteiger charge is 2.07. The standard InChI is InChI=1S/C10H14O3S.C6H10N4/c1-7-5-8(2)10(9(3)6-7)14-13-12-11-4;1-4-3-5(2)10(8)6(7)9-4/h5-6H,1-4H3;3,7H,8H2,1-2H3/p+1. The fourth-order valence-corrected chi connectivity index (χ4v) is 2.73. The van der Waals surface area contributed by atoms with Crippen molar-refractivity contribution in [1.82, 2.24) is 4.98 Å². The van der Waals surface area contributed by atoms with Gasteiger partial charge in [0.1, 0.15) is 11.4 Å². The molecule has 0 aliphatic rings. The van der Waals surface area contributed by atoms with E-state index < -0.39 is 0 Å². The molecule has 0 radical (unpaired) electrons. The summed E-state index contributed by atoms with van der Waals surface area (Å²) < 4.78 is 6.12. The fraction of sp³-hybridized carbons (Fsp3) is 0.375. The molecule has 0 bridgehead atoms. The Hall–Kier alpha value is -1.87. The molecule has 2 rings (SSSR count). The Morgan fingerprint density at radius 2 is 1.62 bits per heavy atom. The highest BCUT2D eigenvalue weighted by molar-refractivity contribution is 7.94. The van der Waals surface area contributed by atoms with Gasteiger partial charge in [-0.2, -0.15) is 0 Å². The number of anilines is 1. The number of nitrogens with two attached hydrogens (primary N) is 2. The second-order valence-corrected chi connectivity index (χ2v) is 6.09. The van der Waals surface area contributed by atoms with Gasteiger partial charge in [0, 0.05) is 11.0 Å². The maximum Gasteiger partial charge on any atom is 0.411 e. The fourth-order valence-electron chi connectivity index (χ4n) is 2.19. The number of rotatable bonds is 4. The van der Waals surface area contributed by atoms with Crippen molar-refractivity contribution in [1.29, 1.82) is 0 Å². The van der Waals surface area contributed by atoms with Crippen molar-refractivity contribution >= 4 is 18.0 Å². The highest BCUT2D eigenvalue weighted by atomic mass is 32.2. The van der Waals surface area contributed by atoms with Crippen LogP contribution >= 0.6 is 12.0 Å². The molecule has 0 unspecified atom stereocenters. The first-order valence-corrected chi connectivity index (χ1v) is 8.03. The van der Waals surface area contributed by atoms with Crippen LogP contribution in [0.5, 0.6) is 0 Å². The van der Waals surface area contributed by atoms with Gasteiger partial charge in [-0.05, 0) is 45.7 Å². The second kappa shape index (κ2) is 9.43. The lowest BCUT2D eigenvalue weighted by molar-refractivity contribution is -0.633. The molecule has 24 heavy (non-hydrogen) atoms. The first-order valence-electron chi connectivity index (χ1n) is 7.29. The molecule has 1 aromatic carbocycles. The van der Waals surface area contributed by atoms with Gasteiger partial charge in [-0.1, -0.05) is 27.7 Å². The maximum absolute atomic E-state index is 5.48. The van der Waals surface area contributed by atoms with E-state index in [2.05, 4.69) is 34.0 Å². The zero-order valence-electron chi connectivity index (χ0n) is 14.9. The lowest BCUT2D eigenvalue weighted by Gasteiger charge is -2.08. The number of nitrogen functional groups attached to an aromatic ring is 2. The van der Waals surface area contributed by atoms with Crippen molar-refractivity contribution in [3.63, 3.8) is 0 Å². The lowest BCUT2D eigenvalue weighted by Crippen LogP contribution is -2.50. The maximum atomic E-state index is 5.48. The molecule has 0 saturated carbocycles. The van der Waals surface area contributed by atoms with Crippen LogP contribution in [0.3, 0.4) is 0 Å². The molecule has 8 heteroatoms. The van der Waals surface area contributed by atoms with Crippen LogP contribution in [0.15, 0.2) is 23.1 Å². The molecule has 0 fully saturated rings. The van der Waals surface area contributed by atoms with Gasteiger partial charge >= 0.3 is 5.95 Å². The lowest BCUT2D eigenvalue weighted by atomic mass is 10.1. The van der Waals surface area contributed by atoms with E-state index in [-0.39, 0.29) is 0 Å². The molecular formula is C16H25N4O3S+. The van der Waals surface area contributed by atoms with Crippen LogP contribution in [0.25, 0.3) is 0 Å². The average molecular weight is 353 g/mol. The van der Waals surface area contributed by atoms with E-state index in [0.717, 1.165) is 28.3 Å². The third-order valence-electron chi connectivity index (χ3n) is 3.15. The summed E-state index contributed by atoms with van der Waals surface area (Å²) in [5, 5.41) is 4.34. The smallest absolute Gasteiger partial charge is 0.289 e. The van der Waals surface area contributed by atoms with Crippen molar-refractivity contribution in [2.45, 2.75) is 39.5 Å². The number of aryl methyl sites for hydroxylation is 5. The molecule has 2 aromatic rings. The molecule has 0 saturated heterocycles. The first kappa shape index (κ1) is 20.2. The highest BCUT2D eigenvalue weighted by Crippen LogP contribution is 2.28. The molecule has 0 atom stereocenters. The third-order valence-corrected chi connectivity index (χ3v) is 4.09. The van der Waals surface area contributed by atoms with Gasteiger partial charge in [-0.3, -0.25) is 11.6 Å². The van der Waals surface area contributed by atoms with Gasteiger partial charge in [0.2, 0.25) is 0 Å². The molecule has 0 spiro atoms. The van der Waals surface area contributed by atoms with Crippen LogP contribution in [0.4, 0.5) is 5.95 Å². The van der Waals surface area contributed by atoms with Crippen molar-refractivity contribution < 1.29 is 18.9 Å². The van der Waals surface area contributed by atoms with E-state index >= 15 is 0 Å². The summed E-state index contributed by atoms with van der Waals surface area (Å²) in [6.07, 6.45) is 0. The molecule has 0 aliphatic carbocycles. The summed E-state index contributed by atoms with van der Waals surface area (Å²) in [7, 11) is 1.40. The van der Waals surface area contributed by atoms with Crippen LogP contribution in [-0.2, 0) is 14.3 Å². The summed E-state index contributed by atoms with van der Waals surface area (Å²) in [6, 6.07) is 6.08. The van der Waals surface area contributed by atoms with E-state index in [1.165, 1.54) is 28.5 Å². The number of nitrogens with zero attached hydrogens (tertiary/aromatic N) is 2. The molecule has 4 N–H and O–H groups in total. The normalized spacial score (nSPS) is 10.2. The summed E-state index contributed by atoms with van der Waals surface area (Å²) in [5.74, 6) is 5.82. The van der Waals surface area contributed by atoms with Crippen LogP contribution in [0.1, 0.15) is 28.1 Å². The van der Waals surface area contributed by atoms with Gasteiger partial charge in [-0.25, -0.2) is 4.89 Å². The summed E-state index contributed by atoms with van der Waals surface area (Å²) in [4.78, 5) is 9.34. The third kappa shape index (κ3) is 5.97. The molecule has 7 nitrogen and oxygen atoms in total. The first-order chi connectivity index (χ1) is 11.3. The minimum absolute atomic E-state index is 0.345. The summed E-state index contributed by atoms with van der Waals surface area (Å²) in [5.41, 5.74) is 10.8. The quantitative estimate of drug-likeness (QED) is 0.218.